The van der Waals surface area contributed by atoms with Gasteiger partial charge in [-0.3, -0.25) is 0 Å². The van der Waals surface area contributed by atoms with Gasteiger partial charge < -0.3 is 14.9 Å². The Hall–Kier alpha value is -3.02. The number of benzene rings is 2. The standard InChI is InChI=1S/C20H18FN3O5S/c1-13(25)20(26)12-24(30(27,28)18-5-3-2-4-15(18)10-23)11-19(20)29-16-7-6-14(9-22)17(21)8-16/h2-8,13,19,25-26H,11-12H2,1H3/t13-,19-,20+/m0/s1. The first-order valence-corrected chi connectivity index (χ1v) is 10.3. The number of sulfonamides is 1. The minimum atomic E-state index is -4.19. The van der Waals surface area contributed by atoms with E-state index in [0.717, 1.165) is 10.4 Å². The summed E-state index contributed by atoms with van der Waals surface area (Å²) in [6.45, 7) is 0.455. The summed E-state index contributed by atoms with van der Waals surface area (Å²) in [7, 11) is -4.19. The van der Waals surface area contributed by atoms with Crippen LogP contribution < -0.4 is 4.74 Å². The minimum absolute atomic E-state index is 0.0350. The minimum Gasteiger partial charge on any atom is -0.486 e. The van der Waals surface area contributed by atoms with Crippen molar-refractivity contribution in [2.45, 2.75) is 29.6 Å². The van der Waals surface area contributed by atoms with E-state index in [-0.39, 0.29) is 28.3 Å². The third kappa shape index (κ3) is 3.74. The van der Waals surface area contributed by atoms with Crippen LogP contribution in [0, 0.1) is 28.5 Å². The molecule has 0 aliphatic carbocycles. The lowest BCUT2D eigenvalue weighted by Gasteiger charge is -2.31. The maximum Gasteiger partial charge on any atom is 0.244 e. The Balaban J connectivity index is 1.95. The fourth-order valence-electron chi connectivity index (χ4n) is 3.26. The van der Waals surface area contributed by atoms with Crippen LogP contribution in [0.5, 0.6) is 5.75 Å². The van der Waals surface area contributed by atoms with Gasteiger partial charge in [0.05, 0.1) is 28.7 Å². The van der Waals surface area contributed by atoms with Gasteiger partial charge in [0.2, 0.25) is 10.0 Å². The number of hydrogen-bond donors (Lipinski definition) is 2. The fraction of sp³-hybridized carbons (Fsp3) is 0.300. The van der Waals surface area contributed by atoms with E-state index in [1.807, 2.05) is 6.07 Å². The largest absolute Gasteiger partial charge is 0.486 e. The predicted octanol–water partition coefficient (Wildman–Crippen LogP) is 1.13. The van der Waals surface area contributed by atoms with Crippen LogP contribution in [0.25, 0.3) is 0 Å². The SMILES string of the molecule is C[C@H](O)[C@]1(O)CN(S(=O)(=O)c2ccccc2C#N)C[C@@H]1Oc1ccc(C#N)c(F)c1. The number of ether oxygens (including phenoxy) is 1. The van der Waals surface area contributed by atoms with E-state index >= 15 is 0 Å². The van der Waals surface area contributed by atoms with Crippen molar-refractivity contribution in [2.24, 2.45) is 0 Å². The van der Waals surface area contributed by atoms with Gasteiger partial charge in [-0.25, -0.2) is 12.8 Å². The van der Waals surface area contributed by atoms with Gasteiger partial charge >= 0.3 is 0 Å². The van der Waals surface area contributed by atoms with E-state index in [1.54, 1.807) is 6.07 Å². The van der Waals surface area contributed by atoms with Crippen molar-refractivity contribution in [3.8, 4) is 17.9 Å². The molecule has 3 atom stereocenters. The highest BCUT2D eigenvalue weighted by Gasteiger charge is 2.54. The smallest absolute Gasteiger partial charge is 0.244 e. The first-order chi connectivity index (χ1) is 14.1. The second kappa shape index (κ2) is 8.01. The van der Waals surface area contributed by atoms with Crippen LogP contribution in [0.1, 0.15) is 18.1 Å². The maximum absolute atomic E-state index is 13.9. The fourth-order valence-corrected chi connectivity index (χ4v) is 4.89. The lowest BCUT2D eigenvalue weighted by molar-refractivity contribution is -0.104. The van der Waals surface area contributed by atoms with Crippen molar-refractivity contribution in [2.75, 3.05) is 13.1 Å². The molecule has 0 bridgehead atoms. The molecule has 0 spiro atoms. The molecule has 0 aromatic heterocycles. The molecule has 1 saturated heterocycles. The average Bonchev–Trinajstić information content (AvgIpc) is 3.06. The molecule has 3 rings (SSSR count). The van der Waals surface area contributed by atoms with Gasteiger partial charge in [-0.1, -0.05) is 12.1 Å². The van der Waals surface area contributed by atoms with Crippen molar-refractivity contribution < 1.29 is 27.8 Å². The molecule has 0 unspecified atom stereocenters. The molecule has 2 aromatic rings. The number of nitriles is 2. The Morgan fingerprint density at radius 1 is 1.23 bits per heavy atom. The molecule has 30 heavy (non-hydrogen) atoms. The summed E-state index contributed by atoms with van der Waals surface area (Å²) in [6, 6.07) is 12.6. The van der Waals surface area contributed by atoms with Crippen LogP contribution in [-0.2, 0) is 10.0 Å². The van der Waals surface area contributed by atoms with Gasteiger partial charge in [0.25, 0.3) is 0 Å². The van der Waals surface area contributed by atoms with Gasteiger partial charge in [-0.2, -0.15) is 14.8 Å². The number of halogens is 1. The molecular weight excluding hydrogens is 413 g/mol. The topological polar surface area (TPSA) is 135 Å². The highest BCUT2D eigenvalue weighted by Crippen LogP contribution is 2.34. The molecule has 10 heteroatoms. The molecule has 0 saturated carbocycles. The molecule has 2 N–H and O–H groups in total. The molecule has 156 valence electrons. The van der Waals surface area contributed by atoms with Crippen LogP contribution in [0.3, 0.4) is 0 Å². The number of nitrogens with zero attached hydrogens (tertiary/aromatic N) is 3. The first-order valence-electron chi connectivity index (χ1n) is 8.89. The van der Waals surface area contributed by atoms with Crippen LogP contribution in [0.4, 0.5) is 4.39 Å². The second-order valence-corrected chi connectivity index (χ2v) is 8.84. The third-order valence-corrected chi connectivity index (χ3v) is 6.91. The van der Waals surface area contributed by atoms with Crippen molar-refractivity contribution in [1.29, 1.82) is 10.5 Å². The van der Waals surface area contributed by atoms with Gasteiger partial charge in [-0.05, 0) is 31.2 Å². The van der Waals surface area contributed by atoms with E-state index < -0.39 is 40.2 Å². The molecule has 1 aliphatic rings. The first kappa shape index (κ1) is 21.7. The maximum atomic E-state index is 13.9. The van der Waals surface area contributed by atoms with Crippen molar-refractivity contribution in [1.82, 2.24) is 4.31 Å². The lowest BCUT2D eigenvalue weighted by Crippen LogP contribution is -2.53. The summed E-state index contributed by atoms with van der Waals surface area (Å²) in [6.07, 6.45) is -2.61. The van der Waals surface area contributed by atoms with Crippen LogP contribution in [0.2, 0.25) is 0 Å². The predicted molar refractivity (Wildman–Crippen MR) is 102 cm³/mol. The summed E-state index contributed by atoms with van der Waals surface area (Å²) in [5.41, 5.74) is -2.24. The highest BCUT2D eigenvalue weighted by atomic mass is 32.2. The number of aliphatic hydroxyl groups excluding tert-OH is 1. The van der Waals surface area contributed by atoms with Crippen LogP contribution >= 0.6 is 0 Å². The quantitative estimate of drug-likeness (QED) is 0.725. The Labute approximate surface area is 173 Å². The molecule has 1 fully saturated rings. The van der Waals surface area contributed by atoms with Crippen molar-refractivity contribution >= 4 is 10.0 Å². The number of aliphatic hydroxyl groups is 2. The summed E-state index contributed by atoms with van der Waals surface area (Å²) in [5.74, 6) is -0.867. The molecular formula is C20H18FN3O5S. The molecule has 1 aliphatic heterocycles. The number of rotatable bonds is 5. The zero-order valence-electron chi connectivity index (χ0n) is 15.9. The molecule has 2 aromatic carbocycles. The molecule has 0 radical (unpaired) electrons. The zero-order valence-corrected chi connectivity index (χ0v) is 16.7. The Kier molecular flexibility index (Phi) is 5.79. The summed E-state index contributed by atoms with van der Waals surface area (Å²) in [5, 5.41) is 39.2. The monoisotopic (exact) mass is 431 g/mol. The van der Waals surface area contributed by atoms with E-state index in [4.69, 9.17) is 10.00 Å². The van der Waals surface area contributed by atoms with E-state index in [1.165, 1.54) is 43.3 Å². The second-order valence-electron chi connectivity index (χ2n) is 6.93. The summed E-state index contributed by atoms with van der Waals surface area (Å²) in [4.78, 5) is -0.231. The highest BCUT2D eigenvalue weighted by molar-refractivity contribution is 7.89. The number of β-amino-alcohol motifs (C(OH)–C–C–N with tert-alkyl or cyclic N) is 1. The summed E-state index contributed by atoms with van der Waals surface area (Å²) < 4.78 is 46.6. The van der Waals surface area contributed by atoms with E-state index in [9.17, 15) is 28.3 Å². The van der Waals surface area contributed by atoms with Gasteiger partial charge in [0, 0.05) is 12.6 Å². The Morgan fingerprint density at radius 2 is 1.90 bits per heavy atom. The van der Waals surface area contributed by atoms with Crippen molar-refractivity contribution in [3.63, 3.8) is 0 Å². The van der Waals surface area contributed by atoms with Gasteiger partial charge in [0.15, 0.2) is 0 Å². The zero-order chi connectivity index (χ0) is 22.1. The molecule has 0 amide bonds. The Bertz CT molecular complexity index is 1160. The van der Waals surface area contributed by atoms with Crippen LogP contribution in [0.15, 0.2) is 47.4 Å². The lowest BCUT2D eigenvalue weighted by atomic mass is 9.94. The van der Waals surface area contributed by atoms with Gasteiger partial charge in [0.1, 0.15) is 35.4 Å². The van der Waals surface area contributed by atoms with Crippen molar-refractivity contribution in [3.05, 3.63) is 59.4 Å². The van der Waals surface area contributed by atoms with Gasteiger partial charge in [-0.15, -0.1) is 0 Å². The summed E-state index contributed by atoms with van der Waals surface area (Å²) >= 11 is 0. The molecule has 8 nitrogen and oxygen atoms in total. The number of hydrogen-bond acceptors (Lipinski definition) is 7. The van der Waals surface area contributed by atoms with Crippen LogP contribution in [-0.4, -0.2) is 53.8 Å². The Morgan fingerprint density at radius 3 is 2.50 bits per heavy atom. The molecule has 1 heterocycles. The third-order valence-electron chi connectivity index (χ3n) is 5.04. The van der Waals surface area contributed by atoms with E-state index in [2.05, 4.69) is 0 Å². The normalized spacial score (nSPS) is 22.8. The van der Waals surface area contributed by atoms with E-state index in [0.29, 0.717) is 0 Å². The average molecular weight is 431 g/mol.